The van der Waals surface area contributed by atoms with E-state index in [-0.39, 0.29) is 2.85 Å². The van der Waals surface area contributed by atoms with Crippen LogP contribution in [0.3, 0.4) is 0 Å². The molecule has 0 aliphatic heterocycles. The second-order valence-corrected chi connectivity index (χ2v) is 8.39. The van der Waals surface area contributed by atoms with E-state index < -0.39 is 35.2 Å². The van der Waals surface area contributed by atoms with Crippen LogP contribution in [0.1, 0.15) is 73.1 Å². The topological polar surface area (TPSA) is 9.23 Å². The molecule has 0 radical (unpaired) electrons. The Kier molecular flexibility index (Phi) is 6.44. The van der Waals surface area contributed by atoms with Crippen molar-refractivity contribution in [3.63, 3.8) is 0 Å². The summed E-state index contributed by atoms with van der Waals surface area (Å²) in [6.07, 6.45) is 4.42. The van der Waals surface area contributed by atoms with Crippen LogP contribution in [-0.4, -0.2) is 6.10 Å². The van der Waals surface area contributed by atoms with Crippen molar-refractivity contribution >= 4 is 0 Å². The maximum absolute atomic E-state index is 14.3. The lowest BCUT2D eigenvalue weighted by atomic mass is 9.75. The van der Waals surface area contributed by atoms with Crippen LogP contribution in [0.5, 0.6) is 0 Å². The Balaban J connectivity index is 0.00000210. The highest BCUT2D eigenvalue weighted by atomic mass is 19.3. The number of halogens is 5. The Hall–Kier alpha value is -1.17. The van der Waals surface area contributed by atoms with Crippen LogP contribution in [0.2, 0.25) is 0 Å². The number of alkyl halides is 2. The Morgan fingerprint density at radius 3 is 1.89 bits per heavy atom. The van der Waals surface area contributed by atoms with Gasteiger partial charge < -0.3 is 4.74 Å². The lowest BCUT2D eigenvalue weighted by Crippen LogP contribution is -2.30. The summed E-state index contributed by atoms with van der Waals surface area (Å²) in [7, 11) is 0. The number of hydrogen-bond acceptors (Lipinski definition) is 1. The fourth-order valence-electron chi connectivity index (χ4n) is 4.52. The van der Waals surface area contributed by atoms with Gasteiger partial charge in [-0.1, -0.05) is 32.6 Å². The molecule has 0 bridgehead atoms. The first-order valence-electron chi connectivity index (χ1n) is 9.95. The molecule has 1 nitrogen and oxygen atoms in total. The van der Waals surface area contributed by atoms with E-state index in [0.717, 1.165) is 31.1 Å². The molecular formula is C21H31F5O. The van der Waals surface area contributed by atoms with Crippen LogP contribution in [-0.2, 0) is 10.8 Å². The molecule has 0 heterocycles. The first-order chi connectivity index (χ1) is 12.7. The van der Waals surface area contributed by atoms with Crippen molar-refractivity contribution in [2.75, 3.05) is 0 Å². The minimum absolute atomic E-state index is 0. The van der Waals surface area contributed by atoms with Gasteiger partial charge in [-0.3, -0.25) is 0 Å². The van der Waals surface area contributed by atoms with E-state index in [0.29, 0.717) is 30.9 Å². The molecule has 27 heavy (non-hydrogen) atoms. The zero-order chi connectivity index (χ0) is 19.6. The second kappa shape index (κ2) is 8.46. The van der Waals surface area contributed by atoms with E-state index in [9.17, 15) is 22.0 Å². The minimum atomic E-state index is -3.84. The molecule has 0 amide bonds. The van der Waals surface area contributed by atoms with Crippen molar-refractivity contribution in [1.82, 2.24) is 0 Å². The molecule has 0 saturated heterocycles. The summed E-state index contributed by atoms with van der Waals surface area (Å²) in [5, 5.41) is 0. The molecule has 2 aliphatic carbocycles. The molecule has 0 aromatic heterocycles. The highest BCUT2D eigenvalue weighted by Crippen LogP contribution is 2.40. The van der Waals surface area contributed by atoms with E-state index >= 15 is 0 Å². The molecule has 0 N–H and O–H groups in total. The third kappa shape index (κ3) is 5.21. The van der Waals surface area contributed by atoms with E-state index in [1.165, 1.54) is 25.7 Å². The van der Waals surface area contributed by atoms with Crippen LogP contribution in [0.4, 0.5) is 22.0 Å². The van der Waals surface area contributed by atoms with Crippen LogP contribution in [0.15, 0.2) is 12.1 Å². The first kappa shape index (κ1) is 20.6. The molecule has 0 atom stereocenters. The maximum Gasteiger partial charge on any atom is 0.383 e. The highest BCUT2D eigenvalue weighted by molar-refractivity contribution is 5.22. The van der Waals surface area contributed by atoms with Gasteiger partial charge in [0.2, 0.25) is 0 Å². The predicted molar refractivity (Wildman–Crippen MR) is 97.0 cm³/mol. The summed E-state index contributed by atoms with van der Waals surface area (Å²) in [5.41, 5.74) is -0.989. The van der Waals surface area contributed by atoms with E-state index in [4.69, 9.17) is 4.74 Å². The fourth-order valence-corrected chi connectivity index (χ4v) is 4.52. The number of benzene rings is 1. The SMILES string of the molecule is CC1CCC(CC2CCC(OC(F)(F)c3cc(F)c(F)c(F)c3)CC2)CC1.[HH].[HH]. The van der Waals surface area contributed by atoms with Gasteiger partial charge in [-0.05, 0) is 62.0 Å². The van der Waals surface area contributed by atoms with Crippen LogP contribution < -0.4 is 0 Å². The molecule has 3 rings (SSSR count). The van der Waals surface area contributed by atoms with Gasteiger partial charge in [0.15, 0.2) is 17.5 Å². The quantitative estimate of drug-likeness (QED) is 0.372. The largest absolute Gasteiger partial charge is 0.383 e. The molecule has 2 aliphatic rings. The monoisotopic (exact) mass is 394 g/mol. The van der Waals surface area contributed by atoms with Crippen molar-refractivity contribution in [1.29, 1.82) is 0 Å². The number of rotatable bonds is 5. The highest BCUT2D eigenvalue weighted by Gasteiger charge is 2.39. The molecule has 156 valence electrons. The molecule has 1 aromatic carbocycles. The van der Waals surface area contributed by atoms with Crippen molar-refractivity contribution in [3.05, 3.63) is 35.1 Å². The molecule has 6 heteroatoms. The standard InChI is InChI=1S/C21H27F5O.2H2/c1-13-2-4-14(5-3-13)10-15-6-8-17(9-7-15)27-21(25,26)16-11-18(22)20(24)19(23)12-16;;/h11-15,17H,2-10H2,1H3;2*1H. The van der Waals surface area contributed by atoms with Crippen molar-refractivity contribution < 1.29 is 29.5 Å². The Bertz CT molecular complexity index is 619. The maximum atomic E-state index is 14.3. The van der Waals surface area contributed by atoms with Crippen molar-refractivity contribution in [3.8, 4) is 0 Å². The smallest absolute Gasteiger partial charge is 0.313 e. The van der Waals surface area contributed by atoms with E-state index in [2.05, 4.69) is 6.92 Å². The Morgan fingerprint density at radius 1 is 0.889 bits per heavy atom. The van der Waals surface area contributed by atoms with Crippen molar-refractivity contribution in [2.45, 2.75) is 76.9 Å². The molecule has 2 saturated carbocycles. The average molecular weight is 394 g/mol. The van der Waals surface area contributed by atoms with Crippen molar-refractivity contribution in [2.24, 2.45) is 17.8 Å². The van der Waals surface area contributed by atoms with Gasteiger partial charge in [-0.2, -0.15) is 8.78 Å². The van der Waals surface area contributed by atoms with Gasteiger partial charge in [0.05, 0.1) is 11.7 Å². The summed E-state index contributed by atoms with van der Waals surface area (Å²) in [6, 6.07) is 0.599. The number of hydrogen-bond donors (Lipinski definition) is 0. The van der Waals surface area contributed by atoms with Crippen LogP contribution in [0, 0.1) is 35.2 Å². The summed E-state index contributed by atoms with van der Waals surface area (Å²) < 4.78 is 72.9. The van der Waals surface area contributed by atoms with E-state index in [1.54, 1.807) is 0 Å². The van der Waals surface area contributed by atoms with Crippen LogP contribution >= 0.6 is 0 Å². The third-order valence-electron chi connectivity index (χ3n) is 6.23. The normalized spacial score (nSPS) is 29.7. The van der Waals surface area contributed by atoms with Crippen LogP contribution in [0.25, 0.3) is 0 Å². The van der Waals surface area contributed by atoms with Gasteiger partial charge in [-0.15, -0.1) is 0 Å². The molecule has 0 spiro atoms. The van der Waals surface area contributed by atoms with Gasteiger partial charge in [-0.25, -0.2) is 13.2 Å². The molecular weight excluding hydrogens is 363 g/mol. The third-order valence-corrected chi connectivity index (χ3v) is 6.23. The second-order valence-electron chi connectivity index (χ2n) is 8.39. The van der Waals surface area contributed by atoms with Gasteiger partial charge in [0, 0.05) is 2.85 Å². The lowest BCUT2D eigenvalue weighted by Gasteiger charge is -2.34. The summed E-state index contributed by atoms with van der Waals surface area (Å²) in [6.45, 7) is 2.29. The minimum Gasteiger partial charge on any atom is -0.313 e. The number of ether oxygens (including phenoxy) is 1. The zero-order valence-electron chi connectivity index (χ0n) is 15.6. The zero-order valence-corrected chi connectivity index (χ0v) is 15.6. The van der Waals surface area contributed by atoms with Gasteiger partial charge in [0.25, 0.3) is 0 Å². The first-order valence-corrected chi connectivity index (χ1v) is 9.95. The lowest BCUT2D eigenvalue weighted by molar-refractivity contribution is -0.278. The average Bonchev–Trinajstić information content (AvgIpc) is 2.62. The fraction of sp³-hybridized carbons (Fsp3) is 0.714. The predicted octanol–water partition coefficient (Wildman–Crippen LogP) is 7.44. The van der Waals surface area contributed by atoms with Gasteiger partial charge in [0.1, 0.15) is 0 Å². The Labute approximate surface area is 160 Å². The summed E-state index contributed by atoms with van der Waals surface area (Å²) >= 11 is 0. The molecule has 0 unspecified atom stereocenters. The van der Waals surface area contributed by atoms with E-state index in [1.807, 2.05) is 0 Å². The molecule has 2 fully saturated rings. The summed E-state index contributed by atoms with van der Waals surface area (Å²) in [4.78, 5) is 0. The summed E-state index contributed by atoms with van der Waals surface area (Å²) in [5.74, 6) is -2.94. The van der Waals surface area contributed by atoms with Gasteiger partial charge >= 0.3 is 6.11 Å². The molecule has 1 aromatic rings. The Morgan fingerprint density at radius 2 is 1.37 bits per heavy atom.